The molecule has 0 aromatic carbocycles. The van der Waals surface area contributed by atoms with Crippen LogP contribution in [0.2, 0.25) is 0 Å². The molecule has 0 aromatic rings. The molecular formula is C9H18O2. The Morgan fingerprint density at radius 2 is 2.45 bits per heavy atom. The van der Waals surface area contributed by atoms with Gasteiger partial charge in [0, 0.05) is 13.2 Å². The van der Waals surface area contributed by atoms with Crippen molar-refractivity contribution in [3.8, 4) is 0 Å². The second-order valence-corrected chi connectivity index (χ2v) is 3.38. The zero-order valence-electron chi connectivity index (χ0n) is 7.25. The van der Waals surface area contributed by atoms with E-state index < -0.39 is 0 Å². The lowest BCUT2D eigenvalue weighted by Crippen LogP contribution is -2.21. The molecule has 0 spiro atoms. The molecule has 0 amide bonds. The van der Waals surface area contributed by atoms with Gasteiger partial charge in [-0.1, -0.05) is 6.92 Å². The normalized spacial score (nSPS) is 28.4. The van der Waals surface area contributed by atoms with Crippen LogP contribution in [-0.4, -0.2) is 24.4 Å². The fourth-order valence-electron chi connectivity index (χ4n) is 1.54. The summed E-state index contributed by atoms with van der Waals surface area (Å²) in [5.74, 6) is 0.610. The third-order valence-corrected chi connectivity index (χ3v) is 2.33. The summed E-state index contributed by atoms with van der Waals surface area (Å²) in [7, 11) is 0. The molecule has 2 nitrogen and oxygen atoms in total. The van der Waals surface area contributed by atoms with E-state index in [1.54, 1.807) is 0 Å². The van der Waals surface area contributed by atoms with Crippen LogP contribution < -0.4 is 0 Å². The van der Waals surface area contributed by atoms with Crippen molar-refractivity contribution in [1.82, 2.24) is 0 Å². The second kappa shape index (κ2) is 4.73. The van der Waals surface area contributed by atoms with Crippen LogP contribution in [0.4, 0.5) is 0 Å². The zero-order valence-corrected chi connectivity index (χ0v) is 7.25. The van der Waals surface area contributed by atoms with Crippen molar-refractivity contribution in [2.45, 2.75) is 38.7 Å². The molecule has 0 bridgehead atoms. The van der Waals surface area contributed by atoms with Crippen molar-refractivity contribution in [3.63, 3.8) is 0 Å². The van der Waals surface area contributed by atoms with Gasteiger partial charge in [0.1, 0.15) is 0 Å². The largest absolute Gasteiger partial charge is 0.393 e. The Morgan fingerprint density at radius 1 is 1.64 bits per heavy atom. The topological polar surface area (TPSA) is 29.5 Å². The van der Waals surface area contributed by atoms with E-state index >= 15 is 0 Å². The first-order chi connectivity index (χ1) is 5.33. The lowest BCUT2D eigenvalue weighted by atomic mass is 9.95. The summed E-state index contributed by atoms with van der Waals surface area (Å²) in [5.41, 5.74) is 0. The van der Waals surface area contributed by atoms with Gasteiger partial charge in [0.15, 0.2) is 0 Å². The average molecular weight is 158 g/mol. The monoisotopic (exact) mass is 158 g/mol. The van der Waals surface area contributed by atoms with Gasteiger partial charge in [-0.05, 0) is 31.6 Å². The maximum absolute atomic E-state index is 9.35. The first-order valence-electron chi connectivity index (χ1n) is 4.58. The summed E-state index contributed by atoms with van der Waals surface area (Å²) in [6.45, 7) is 3.80. The van der Waals surface area contributed by atoms with Gasteiger partial charge < -0.3 is 9.84 Å². The van der Waals surface area contributed by atoms with Crippen LogP contribution in [0.5, 0.6) is 0 Å². The molecule has 0 saturated carbocycles. The van der Waals surface area contributed by atoms with Gasteiger partial charge in [0.05, 0.1) is 6.10 Å². The highest BCUT2D eigenvalue weighted by Gasteiger charge is 2.16. The highest BCUT2D eigenvalue weighted by atomic mass is 16.5. The smallest absolute Gasteiger partial charge is 0.0541 e. The average Bonchev–Trinajstić information content (AvgIpc) is 2.06. The highest BCUT2D eigenvalue weighted by Crippen LogP contribution is 2.19. The van der Waals surface area contributed by atoms with E-state index in [4.69, 9.17) is 4.74 Å². The fourth-order valence-corrected chi connectivity index (χ4v) is 1.54. The Kier molecular flexibility index (Phi) is 3.87. The van der Waals surface area contributed by atoms with Crippen LogP contribution in [0.25, 0.3) is 0 Å². The van der Waals surface area contributed by atoms with Gasteiger partial charge in [0.2, 0.25) is 0 Å². The van der Waals surface area contributed by atoms with Crippen LogP contribution in [0.1, 0.15) is 32.6 Å². The van der Waals surface area contributed by atoms with Crippen molar-refractivity contribution in [3.05, 3.63) is 0 Å². The van der Waals surface area contributed by atoms with E-state index in [1.807, 2.05) is 6.92 Å². The molecule has 1 aliphatic rings. The standard InChI is InChI=1S/C9H18O2/c1-2-9(10)6-8-4-3-5-11-7-8/h8-10H,2-7H2,1H3. The molecule has 0 radical (unpaired) electrons. The van der Waals surface area contributed by atoms with Crippen molar-refractivity contribution < 1.29 is 9.84 Å². The number of hydrogen-bond donors (Lipinski definition) is 1. The van der Waals surface area contributed by atoms with Crippen molar-refractivity contribution in [2.75, 3.05) is 13.2 Å². The van der Waals surface area contributed by atoms with Gasteiger partial charge in [-0.15, -0.1) is 0 Å². The van der Waals surface area contributed by atoms with Crippen LogP contribution in [-0.2, 0) is 4.74 Å². The Morgan fingerprint density at radius 3 is 3.00 bits per heavy atom. The molecule has 1 aliphatic heterocycles. The summed E-state index contributed by atoms with van der Waals surface area (Å²) < 4.78 is 5.32. The van der Waals surface area contributed by atoms with Crippen LogP contribution in [0.15, 0.2) is 0 Å². The quantitative estimate of drug-likeness (QED) is 0.675. The molecule has 11 heavy (non-hydrogen) atoms. The summed E-state index contributed by atoms with van der Waals surface area (Å²) in [6, 6.07) is 0. The SMILES string of the molecule is CCC(O)CC1CCCOC1. The molecule has 1 fully saturated rings. The predicted molar refractivity (Wildman–Crippen MR) is 44.5 cm³/mol. The van der Waals surface area contributed by atoms with Crippen LogP contribution >= 0.6 is 0 Å². The molecule has 1 saturated heterocycles. The van der Waals surface area contributed by atoms with Crippen LogP contribution in [0, 0.1) is 5.92 Å². The summed E-state index contributed by atoms with van der Waals surface area (Å²) in [5, 5.41) is 9.35. The number of rotatable bonds is 3. The Balaban J connectivity index is 2.13. The van der Waals surface area contributed by atoms with Crippen molar-refractivity contribution >= 4 is 0 Å². The third-order valence-electron chi connectivity index (χ3n) is 2.33. The third kappa shape index (κ3) is 3.21. The molecule has 1 rings (SSSR count). The minimum Gasteiger partial charge on any atom is -0.393 e. The molecule has 66 valence electrons. The lowest BCUT2D eigenvalue weighted by Gasteiger charge is -2.23. The molecule has 2 atom stereocenters. The number of aliphatic hydroxyl groups excluding tert-OH is 1. The number of hydrogen-bond acceptors (Lipinski definition) is 2. The van der Waals surface area contributed by atoms with Crippen LogP contribution in [0.3, 0.4) is 0 Å². The van der Waals surface area contributed by atoms with E-state index in [9.17, 15) is 5.11 Å². The van der Waals surface area contributed by atoms with Gasteiger partial charge in [0.25, 0.3) is 0 Å². The zero-order chi connectivity index (χ0) is 8.10. The highest BCUT2D eigenvalue weighted by molar-refractivity contribution is 4.66. The van der Waals surface area contributed by atoms with Crippen molar-refractivity contribution in [1.29, 1.82) is 0 Å². The van der Waals surface area contributed by atoms with Gasteiger partial charge >= 0.3 is 0 Å². The minimum atomic E-state index is -0.110. The van der Waals surface area contributed by atoms with Gasteiger partial charge in [-0.25, -0.2) is 0 Å². The Hall–Kier alpha value is -0.0800. The summed E-state index contributed by atoms with van der Waals surface area (Å²) in [4.78, 5) is 0. The second-order valence-electron chi connectivity index (χ2n) is 3.38. The molecule has 1 heterocycles. The molecule has 0 aliphatic carbocycles. The van der Waals surface area contributed by atoms with E-state index in [-0.39, 0.29) is 6.10 Å². The van der Waals surface area contributed by atoms with Crippen molar-refractivity contribution in [2.24, 2.45) is 5.92 Å². The molecular weight excluding hydrogens is 140 g/mol. The van der Waals surface area contributed by atoms with E-state index in [1.165, 1.54) is 12.8 Å². The number of aliphatic hydroxyl groups is 1. The first kappa shape index (κ1) is 9.01. The van der Waals surface area contributed by atoms with Gasteiger partial charge in [-0.2, -0.15) is 0 Å². The molecule has 2 unspecified atom stereocenters. The lowest BCUT2D eigenvalue weighted by molar-refractivity contribution is 0.0286. The Bertz CT molecular complexity index is 97.7. The van der Waals surface area contributed by atoms with E-state index in [0.717, 1.165) is 26.1 Å². The maximum atomic E-state index is 9.35. The Labute approximate surface area is 68.6 Å². The number of ether oxygens (including phenoxy) is 1. The molecule has 0 aromatic heterocycles. The van der Waals surface area contributed by atoms with E-state index in [0.29, 0.717) is 5.92 Å². The van der Waals surface area contributed by atoms with Gasteiger partial charge in [-0.3, -0.25) is 0 Å². The predicted octanol–water partition coefficient (Wildman–Crippen LogP) is 1.57. The summed E-state index contributed by atoms with van der Waals surface area (Å²) in [6.07, 6.45) is 4.09. The first-order valence-corrected chi connectivity index (χ1v) is 4.58. The minimum absolute atomic E-state index is 0.110. The fraction of sp³-hybridized carbons (Fsp3) is 1.00. The maximum Gasteiger partial charge on any atom is 0.0541 e. The van der Waals surface area contributed by atoms with E-state index in [2.05, 4.69) is 0 Å². The summed E-state index contributed by atoms with van der Waals surface area (Å²) >= 11 is 0. The molecule has 2 heteroatoms. The molecule has 1 N–H and O–H groups in total.